The molecule has 1 saturated heterocycles. The lowest BCUT2D eigenvalue weighted by atomic mass is 10.0. The highest BCUT2D eigenvalue weighted by atomic mass is 16.2. The van der Waals surface area contributed by atoms with Crippen LogP contribution in [0.4, 0.5) is 0 Å². The van der Waals surface area contributed by atoms with Gasteiger partial charge in [-0.15, -0.1) is 0 Å². The average Bonchev–Trinajstić information content (AvgIpc) is 2.66. The van der Waals surface area contributed by atoms with Crippen molar-refractivity contribution in [3.05, 3.63) is 35.9 Å². The van der Waals surface area contributed by atoms with Gasteiger partial charge < -0.3 is 4.90 Å². The van der Waals surface area contributed by atoms with E-state index >= 15 is 0 Å². The van der Waals surface area contributed by atoms with Gasteiger partial charge in [0.25, 0.3) is 0 Å². The maximum atomic E-state index is 12.6. The van der Waals surface area contributed by atoms with E-state index in [4.69, 9.17) is 0 Å². The van der Waals surface area contributed by atoms with E-state index in [1.807, 2.05) is 23.1 Å². The second-order valence-corrected chi connectivity index (χ2v) is 7.26. The number of benzene rings is 1. The molecule has 20 heavy (non-hydrogen) atoms. The summed E-state index contributed by atoms with van der Waals surface area (Å²) < 4.78 is 0. The van der Waals surface area contributed by atoms with Crippen LogP contribution in [-0.2, 0) is 11.2 Å². The standard InChI is InChI=1S/C17H24N2O/c1-16(2)15(17(16,3)4)19-11-18-13(14(19)20)10-12-8-6-5-7-9-12/h5-9,13,15,18H,10-11H2,1-4H3. The average molecular weight is 272 g/mol. The Hall–Kier alpha value is -1.35. The van der Waals surface area contributed by atoms with Crippen LogP contribution in [0.2, 0.25) is 0 Å². The third-order valence-electron chi connectivity index (χ3n) is 5.63. The predicted octanol–water partition coefficient (Wildman–Crippen LogP) is 2.42. The van der Waals surface area contributed by atoms with Gasteiger partial charge in [0.1, 0.15) is 0 Å². The van der Waals surface area contributed by atoms with Crippen LogP contribution in [0, 0.1) is 10.8 Å². The van der Waals surface area contributed by atoms with Crippen molar-refractivity contribution in [1.82, 2.24) is 10.2 Å². The van der Waals surface area contributed by atoms with E-state index < -0.39 is 0 Å². The first kappa shape index (κ1) is 13.6. The zero-order valence-electron chi connectivity index (χ0n) is 12.8. The van der Waals surface area contributed by atoms with E-state index in [1.54, 1.807) is 0 Å². The minimum atomic E-state index is -0.0652. The molecule has 1 N–H and O–H groups in total. The van der Waals surface area contributed by atoms with Crippen LogP contribution in [0.5, 0.6) is 0 Å². The maximum absolute atomic E-state index is 12.6. The van der Waals surface area contributed by atoms with Crippen LogP contribution in [-0.4, -0.2) is 29.6 Å². The molecule has 0 spiro atoms. The number of amides is 1. The molecule has 0 radical (unpaired) electrons. The fourth-order valence-electron chi connectivity index (χ4n) is 3.74. The largest absolute Gasteiger partial charge is 0.324 e. The zero-order valence-corrected chi connectivity index (χ0v) is 12.8. The maximum Gasteiger partial charge on any atom is 0.241 e. The van der Waals surface area contributed by atoms with Crippen molar-refractivity contribution >= 4 is 5.91 Å². The summed E-state index contributed by atoms with van der Waals surface area (Å²) in [6, 6.07) is 10.5. The molecule has 3 heteroatoms. The number of nitrogens with one attached hydrogen (secondary N) is 1. The van der Waals surface area contributed by atoms with Gasteiger partial charge in [0.2, 0.25) is 5.91 Å². The molecule has 1 aromatic carbocycles. The quantitative estimate of drug-likeness (QED) is 0.916. The molecule has 0 aromatic heterocycles. The molecule has 3 nitrogen and oxygen atoms in total. The molecule has 0 bridgehead atoms. The summed E-state index contributed by atoms with van der Waals surface area (Å²) in [4.78, 5) is 14.7. The van der Waals surface area contributed by atoms with Crippen LogP contribution in [0.3, 0.4) is 0 Å². The highest BCUT2D eigenvalue weighted by Gasteiger charge is 2.68. The summed E-state index contributed by atoms with van der Waals surface area (Å²) in [6.07, 6.45) is 0.781. The van der Waals surface area contributed by atoms with Gasteiger partial charge in [-0.2, -0.15) is 0 Å². The van der Waals surface area contributed by atoms with E-state index in [0.29, 0.717) is 12.7 Å². The fourth-order valence-corrected chi connectivity index (χ4v) is 3.74. The van der Waals surface area contributed by atoms with Crippen molar-refractivity contribution in [3.63, 3.8) is 0 Å². The third-order valence-corrected chi connectivity index (χ3v) is 5.63. The van der Waals surface area contributed by atoms with Gasteiger partial charge in [0.15, 0.2) is 0 Å². The molecule has 2 aliphatic rings. The molecular weight excluding hydrogens is 248 g/mol. The van der Waals surface area contributed by atoms with Crippen LogP contribution in [0.25, 0.3) is 0 Å². The summed E-state index contributed by atoms with van der Waals surface area (Å²) in [6.45, 7) is 9.73. The number of hydrogen-bond donors (Lipinski definition) is 1. The summed E-state index contributed by atoms with van der Waals surface area (Å²) in [5.41, 5.74) is 1.65. The van der Waals surface area contributed by atoms with E-state index in [0.717, 1.165) is 6.42 Å². The van der Waals surface area contributed by atoms with Gasteiger partial charge in [0, 0.05) is 6.04 Å². The third kappa shape index (κ3) is 1.87. The number of carbonyl (C=O) groups excluding carboxylic acids is 1. The van der Waals surface area contributed by atoms with Gasteiger partial charge in [-0.3, -0.25) is 10.1 Å². The molecule has 3 rings (SSSR count). The lowest BCUT2D eigenvalue weighted by Gasteiger charge is -2.18. The number of rotatable bonds is 3. The Kier molecular flexibility index (Phi) is 2.94. The Morgan fingerprint density at radius 3 is 2.30 bits per heavy atom. The minimum Gasteiger partial charge on any atom is -0.324 e. The lowest BCUT2D eigenvalue weighted by Crippen LogP contribution is -2.35. The van der Waals surface area contributed by atoms with Gasteiger partial charge in [-0.1, -0.05) is 58.0 Å². The Balaban J connectivity index is 1.70. The second-order valence-electron chi connectivity index (χ2n) is 7.26. The summed E-state index contributed by atoms with van der Waals surface area (Å²) >= 11 is 0. The van der Waals surface area contributed by atoms with Crippen molar-refractivity contribution in [2.75, 3.05) is 6.67 Å². The smallest absolute Gasteiger partial charge is 0.241 e. The van der Waals surface area contributed by atoms with Gasteiger partial charge in [-0.05, 0) is 22.8 Å². The molecule has 1 amide bonds. The van der Waals surface area contributed by atoms with E-state index in [-0.39, 0.29) is 22.8 Å². The fraction of sp³-hybridized carbons (Fsp3) is 0.588. The molecule has 108 valence electrons. The number of nitrogens with zero attached hydrogens (tertiary/aromatic N) is 1. The lowest BCUT2D eigenvalue weighted by molar-refractivity contribution is -0.130. The first-order valence-corrected chi connectivity index (χ1v) is 7.43. The number of carbonyl (C=O) groups is 1. The molecular formula is C17H24N2O. The Morgan fingerprint density at radius 1 is 1.15 bits per heavy atom. The van der Waals surface area contributed by atoms with E-state index in [9.17, 15) is 4.79 Å². The Labute approximate surface area is 121 Å². The monoisotopic (exact) mass is 272 g/mol. The highest BCUT2D eigenvalue weighted by molar-refractivity contribution is 5.85. The van der Waals surface area contributed by atoms with Crippen LogP contribution in [0.1, 0.15) is 33.3 Å². The van der Waals surface area contributed by atoms with E-state index in [2.05, 4.69) is 45.1 Å². The van der Waals surface area contributed by atoms with Crippen molar-refractivity contribution in [2.24, 2.45) is 10.8 Å². The molecule has 1 aliphatic heterocycles. The SMILES string of the molecule is CC1(C)C(N2CNC(Cc3ccccc3)C2=O)C1(C)C. The van der Waals surface area contributed by atoms with Crippen molar-refractivity contribution in [2.45, 2.75) is 46.2 Å². The summed E-state index contributed by atoms with van der Waals surface area (Å²) in [7, 11) is 0. The van der Waals surface area contributed by atoms with Gasteiger partial charge in [0.05, 0.1) is 12.7 Å². The molecule has 1 atom stereocenters. The molecule has 1 unspecified atom stereocenters. The summed E-state index contributed by atoms with van der Waals surface area (Å²) in [5.74, 6) is 0.262. The highest BCUT2D eigenvalue weighted by Crippen LogP contribution is 2.65. The first-order valence-electron chi connectivity index (χ1n) is 7.43. The Morgan fingerprint density at radius 2 is 1.75 bits per heavy atom. The second kappa shape index (κ2) is 4.32. The first-order chi connectivity index (χ1) is 9.35. The topological polar surface area (TPSA) is 32.3 Å². The van der Waals surface area contributed by atoms with E-state index in [1.165, 1.54) is 5.56 Å². The van der Waals surface area contributed by atoms with Crippen LogP contribution >= 0.6 is 0 Å². The van der Waals surface area contributed by atoms with Crippen molar-refractivity contribution in [1.29, 1.82) is 0 Å². The molecule has 1 aliphatic carbocycles. The Bertz CT molecular complexity index is 507. The number of hydrogen-bond acceptors (Lipinski definition) is 2. The minimum absolute atomic E-state index is 0.0652. The van der Waals surface area contributed by atoms with Crippen LogP contribution < -0.4 is 5.32 Å². The van der Waals surface area contributed by atoms with Gasteiger partial charge in [-0.25, -0.2) is 0 Å². The molecule has 1 aromatic rings. The van der Waals surface area contributed by atoms with Gasteiger partial charge >= 0.3 is 0 Å². The zero-order chi connectivity index (χ0) is 14.5. The van der Waals surface area contributed by atoms with Crippen molar-refractivity contribution in [3.8, 4) is 0 Å². The van der Waals surface area contributed by atoms with Crippen molar-refractivity contribution < 1.29 is 4.79 Å². The normalized spacial score (nSPS) is 27.9. The predicted molar refractivity (Wildman–Crippen MR) is 80.1 cm³/mol. The van der Waals surface area contributed by atoms with Crippen LogP contribution in [0.15, 0.2) is 30.3 Å². The molecule has 1 heterocycles. The molecule has 1 saturated carbocycles. The molecule has 2 fully saturated rings. The summed E-state index contributed by atoms with van der Waals surface area (Å²) in [5, 5.41) is 3.38.